The summed E-state index contributed by atoms with van der Waals surface area (Å²) < 4.78 is 1.98. The summed E-state index contributed by atoms with van der Waals surface area (Å²) in [6.45, 7) is 9.89. The van der Waals surface area contributed by atoms with Crippen LogP contribution in [0.5, 0.6) is 0 Å². The molecule has 0 aliphatic carbocycles. The Hall–Kier alpha value is -2.40. The number of hydrogen-bond donors (Lipinski definition) is 1. The number of β-amino-alcohol motifs (C(OH)–C–C–N with tert-alkyl or cyclic N) is 1. The van der Waals surface area contributed by atoms with Gasteiger partial charge in [-0.25, -0.2) is 4.98 Å². The first-order valence-corrected chi connectivity index (χ1v) is 9.32. The van der Waals surface area contributed by atoms with Crippen LogP contribution in [0.3, 0.4) is 0 Å². The van der Waals surface area contributed by atoms with Gasteiger partial charge in [-0.15, -0.1) is 0 Å². The van der Waals surface area contributed by atoms with Crippen LogP contribution in [0.25, 0.3) is 16.8 Å². The van der Waals surface area contributed by atoms with Gasteiger partial charge in [-0.1, -0.05) is 29.8 Å². The van der Waals surface area contributed by atoms with Crippen LogP contribution in [-0.4, -0.2) is 38.9 Å². The molecule has 0 radical (unpaired) electrons. The van der Waals surface area contributed by atoms with Crippen molar-refractivity contribution in [2.75, 3.05) is 18.0 Å². The van der Waals surface area contributed by atoms with Gasteiger partial charge in [0.05, 0.1) is 11.8 Å². The van der Waals surface area contributed by atoms with Crippen LogP contribution in [0.4, 0.5) is 5.82 Å². The minimum atomic E-state index is -0.278. The highest BCUT2D eigenvalue weighted by Crippen LogP contribution is 2.33. The van der Waals surface area contributed by atoms with Gasteiger partial charge in [-0.2, -0.15) is 9.61 Å². The van der Waals surface area contributed by atoms with E-state index in [4.69, 9.17) is 10.1 Å². The van der Waals surface area contributed by atoms with Crippen LogP contribution in [0.1, 0.15) is 35.4 Å². The molecule has 5 nitrogen and oxygen atoms in total. The monoisotopic (exact) mass is 350 g/mol. The average Bonchev–Trinajstić information content (AvgIpc) is 2.92. The molecule has 1 atom stereocenters. The minimum absolute atomic E-state index is 0.278. The molecule has 26 heavy (non-hydrogen) atoms. The number of piperidine rings is 1. The molecule has 136 valence electrons. The Morgan fingerprint density at radius 2 is 1.77 bits per heavy atom. The molecule has 1 aliphatic rings. The van der Waals surface area contributed by atoms with E-state index >= 15 is 0 Å². The van der Waals surface area contributed by atoms with Crippen molar-refractivity contribution < 1.29 is 5.11 Å². The quantitative estimate of drug-likeness (QED) is 0.767. The molecule has 1 aliphatic heterocycles. The smallest absolute Gasteiger partial charge is 0.165 e. The molecule has 0 spiro atoms. The van der Waals surface area contributed by atoms with Crippen molar-refractivity contribution in [3.63, 3.8) is 0 Å². The molecule has 1 saturated heterocycles. The second-order valence-electron chi connectivity index (χ2n) is 7.45. The summed E-state index contributed by atoms with van der Waals surface area (Å²) in [5, 5.41) is 15.0. The largest absolute Gasteiger partial charge is 0.391 e. The van der Waals surface area contributed by atoms with E-state index in [0.717, 1.165) is 58.9 Å². The lowest BCUT2D eigenvalue weighted by Crippen LogP contribution is -2.40. The third kappa shape index (κ3) is 2.76. The number of fused-ring (bicyclic) bond motifs is 1. The topological polar surface area (TPSA) is 53.7 Å². The summed E-state index contributed by atoms with van der Waals surface area (Å²) in [5.41, 5.74) is 7.49. The van der Waals surface area contributed by atoms with E-state index in [-0.39, 0.29) is 6.10 Å². The molecule has 5 heteroatoms. The highest BCUT2D eigenvalue weighted by molar-refractivity contribution is 5.81. The molecule has 1 N–H and O–H groups in total. The van der Waals surface area contributed by atoms with E-state index in [1.165, 1.54) is 5.56 Å². The normalized spacial score (nSPS) is 17.9. The van der Waals surface area contributed by atoms with Crippen LogP contribution in [0.15, 0.2) is 24.3 Å². The maximum atomic E-state index is 10.2. The van der Waals surface area contributed by atoms with Gasteiger partial charge >= 0.3 is 0 Å². The lowest BCUT2D eigenvalue weighted by Gasteiger charge is -2.33. The van der Waals surface area contributed by atoms with Crippen molar-refractivity contribution in [3.8, 4) is 11.1 Å². The Kier molecular flexibility index (Phi) is 4.19. The first-order chi connectivity index (χ1) is 12.5. The first-order valence-electron chi connectivity index (χ1n) is 9.32. The number of anilines is 1. The maximum Gasteiger partial charge on any atom is 0.165 e. The number of aliphatic hydroxyl groups is 1. The van der Waals surface area contributed by atoms with E-state index in [1.54, 1.807) is 0 Å². The number of benzene rings is 1. The van der Waals surface area contributed by atoms with Crippen molar-refractivity contribution in [3.05, 3.63) is 46.8 Å². The fourth-order valence-corrected chi connectivity index (χ4v) is 3.91. The fourth-order valence-electron chi connectivity index (χ4n) is 3.91. The number of aliphatic hydroxyl groups excluding tert-OH is 1. The summed E-state index contributed by atoms with van der Waals surface area (Å²) in [5.74, 6) is 1.06. The average molecular weight is 350 g/mol. The summed E-state index contributed by atoms with van der Waals surface area (Å²) >= 11 is 0. The highest BCUT2D eigenvalue weighted by Gasteiger charge is 2.25. The van der Waals surface area contributed by atoms with Crippen molar-refractivity contribution in [2.24, 2.45) is 0 Å². The number of aromatic nitrogens is 3. The Morgan fingerprint density at radius 1 is 1.04 bits per heavy atom. The van der Waals surface area contributed by atoms with Crippen LogP contribution >= 0.6 is 0 Å². The molecule has 0 bridgehead atoms. The summed E-state index contributed by atoms with van der Waals surface area (Å²) in [6, 6.07) is 8.53. The Bertz CT molecular complexity index is 959. The van der Waals surface area contributed by atoms with Gasteiger partial charge in [0.15, 0.2) is 5.65 Å². The molecule has 0 saturated carbocycles. The van der Waals surface area contributed by atoms with Crippen molar-refractivity contribution in [2.45, 2.75) is 46.6 Å². The molecular weight excluding hydrogens is 324 g/mol. The fraction of sp³-hybridized carbons (Fsp3) is 0.429. The van der Waals surface area contributed by atoms with Gasteiger partial charge in [0.2, 0.25) is 0 Å². The van der Waals surface area contributed by atoms with Gasteiger partial charge in [0.25, 0.3) is 0 Å². The van der Waals surface area contributed by atoms with Gasteiger partial charge in [-0.05, 0) is 46.1 Å². The molecule has 2 aromatic heterocycles. The van der Waals surface area contributed by atoms with Crippen molar-refractivity contribution in [1.82, 2.24) is 14.6 Å². The van der Waals surface area contributed by atoms with E-state index < -0.39 is 0 Å². The zero-order valence-corrected chi connectivity index (χ0v) is 16.0. The predicted octanol–water partition coefficient (Wildman–Crippen LogP) is 3.59. The number of nitrogens with zero attached hydrogens (tertiary/aromatic N) is 4. The Labute approximate surface area is 154 Å². The summed E-state index contributed by atoms with van der Waals surface area (Å²) in [7, 11) is 0. The zero-order chi connectivity index (χ0) is 18.4. The molecule has 4 rings (SSSR count). The number of rotatable bonds is 2. The molecular formula is C21H26N4O. The van der Waals surface area contributed by atoms with E-state index in [0.29, 0.717) is 6.54 Å². The van der Waals surface area contributed by atoms with Gasteiger partial charge in [0, 0.05) is 29.9 Å². The summed E-state index contributed by atoms with van der Waals surface area (Å²) in [4.78, 5) is 7.14. The lowest BCUT2D eigenvalue weighted by atomic mass is 10.0. The maximum absolute atomic E-state index is 10.2. The van der Waals surface area contributed by atoms with E-state index in [9.17, 15) is 5.11 Å². The molecule has 1 fully saturated rings. The highest BCUT2D eigenvalue weighted by atomic mass is 16.3. The van der Waals surface area contributed by atoms with Crippen LogP contribution < -0.4 is 4.90 Å². The zero-order valence-electron chi connectivity index (χ0n) is 16.0. The Morgan fingerprint density at radius 3 is 2.46 bits per heavy atom. The van der Waals surface area contributed by atoms with E-state index in [1.807, 2.05) is 11.4 Å². The second-order valence-corrected chi connectivity index (χ2v) is 7.45. The van der Waals surface area contributed by atoms with Gasteiger partial charge in [-0.3, -0.25) is 0 Å². The third-order valence-corrected chi connectivity index (χ3v) is 5.42. The molecule has 1 aromatic carbocycles. The first kappa shape index (κ1) is 17.0. The van der Waals surface area contributed by atoms with Crippen molar-refractivity contribution in [1.29, 1.82) is 0 Å². The SMILES string of the molecule is Cc1ccc(-c2c(C)nn3c(N4CCCC(O)C4)c(C)c(C)nc23)cc1. The summed E-state index contributed by atoms with van der Waals surface area (Å²) in [6.07, 6.45) is 1.59. The van der Waals surface area contributed by atoms with Crippen LogP contribution in [0.2, 0.25) is 0 Å². The van der Waals surface area contributed by atoms with Gasteiger partial charge < -0.3 is 10.0 Å². The van der Waals surface area contributed by atoms with E-state index in [2.05, 4.69) is 49.9 Å². The van der Waals surface area contributed by atoms with Crippen LogP contribution in [-0.2, 0) is 0 Å². The Balaban J connectivity index is 1.94. The second kappa shape index (κ2) is 6.40. The molecule has 3 aromatic rings. The number of hydrogen-bond acceptors (Lipinski definition) is 4. The van der Waals surface area contributed by atoms with Crippen molar-refractivity contribution >= 4 is 11.5 Å². The molecule has 0 amide bonds. The number of aryl methyl sites for hydroxylation is 3. The van der Waals surface area contributed by atoms with Crippen LogP contribution in [0, 0.1) is 27.7 Å². The third-order valence-electron chi connectivity index (χ3n) is 5.42. The predicted molar refractivity (Wildman–Crippen MR) is 105 cm³/mol. The standard InChI is InChI=1S/C21H26N4O/c1-13-7-9-17(10-8-13)19-16(4)23-25-20(19)22-15(3)14(2)21(25)24-11-5-6-18(26)12-24/h7-10,18,26H,5-6,11-12H2,1-4H3. The lowest BCUT2D eigenvalue weighted by molar-refractivity contribution is 0.153. The van der Waals surface area contributed by atoms with Gasteiger partial charge in [0.1, 0.15) is 5.82 Å². The molecule has 1 unspecified atom stereocenters. The molecule has 3 heterocycles. The minimum Gasteiger partial charge on any atom is -0.391 e.